The van der Waals surface area contributed by atoms with Gasteiger partial charge in [-0.2, -0.15) is 0 Å². The van der Waals surface area contributed by atoms with Crippen LogP contribution < -0.4 is 5.32 Å². The highest BCUT2D eigenvalue weighted by atomic mass is 127. The largest absolute Gasteiger partial charge is 0.352 e. The summed E-state index contributed by atoms with van der Waals surface area (Å²) in [5.74, 6) is 0.954. The fourth-order valence-corrected chi connectivity index (χ4v) is 1.74. The number of aliphatic imine (C=N–C) groups is 1. The van der Waals surface area contributed by atoms with Gasteiger partial charge in [0.25, 0.3) is 0 Å². The van der Waals surface area contributed by atoms with Crippen LogP contribution in [0.4, 0.5) is 0 Å². The summed E-state index contributed by atoms with van der Waals surface area (Å²) < 4.78 is 0. The summed E-state index contributed by atoms with van der Waals surface area (Å²) in [7, 11) is 2.03. The lowest BCUT2D eigenvalue weighted by atomic mass is 10.2. The molecule has 0 radical (unpaired) electrons. The van der Waals surface area contributed by atoms with E-state index in [1.54, 1.807) is 0 Å². The quantitative estimate of drug-likeness (QED) is 0.828. The van der Waals surface area contributed by atoms with Crippen molar-refractivity contribution in [1.29, 1.82) is 0 Å². The molecule has 1 aliphatic rings. The van der Waals surface area contributed by atoms with E-state index in [2.05, 4.69) is 15.2 Å². The number of halogens is 2. The van der Waals surface area contributed by atoms with Crippen LogP contribution in [-0.4, -0.2) is 31.0 Å². The molecule has 1 aromatic carbocycles. The van der Waals surface area contributed by atoms with Gasteiger partial charge in [-0.05, 0) is 11.6 Å². The molecule has 0 aromatic heterocycles. The van der Waals surface area contributed by atoms with E-state index in [9.17, 15) is 0 Å². The van der Waals surface area contributed by atoms with Crippen LogP contribution in [0.5, 0.6) is 0 Å². The Balaban J connectivity index is 0.00000128. The summed E-state index contributed by atoms with van der Waals surface area (Å²) >= 11 is 6.05. The van der Waals surface area contributed by atoms with Crippen LogP contribution in [0.15, 0.2) is 29.3 Å². The van der Waals surface area contributed by atoms with Gasteiger partial charge in [0.1, 0.15) is 0 Å². The highest BCUT2D eigenvalue weighted by Crippen LogP contribution is 2.14. The lowest BCUT2D eigenvalue weighted by Gasteiger charge is -2.15. The van der Waals surface area contributed by atoms with Crippen molar-refractivity contribution in [1.82, 2.24) is 10.2 Å². The summed E-state index contributed by atoms with van der Waals surface area (Å²) in [4.78, 5) is 6.46. The molecule has 0 fully saturated rings. The first-order valence-corrected chi connectivity index (χ1v) is 5.38. The third-order valence-corrected chi connectivity index (χ3v) is 2.82. The maximum atomic E-state index is 6.05. The minimum Gasteiger partial charge on any atom is -0.352 e. The van der Waals surface area contributed by atoms with E-state index in [4.69, 9.17) is 11.6 Å². The summed E-state index contributed by atoms with van der Waals surface area (Å²) in [6.45, 7) is 2.59. The van der Waals surface area contributed by atoms with Crippen LogP contribution in [0.25, 0.3) is 0 Å². The molecule has 5 heteroatoms. The predicted molar refractivity (Wildman–Crippen MR) is 78.6 cm³/mol. The number of nitrogens with one attached hydrogen (secondary N) is 1. The Bertz CT molecular complexity index is 381. The van der Waals surface area contributed by atoms with E-state index >= 15 is 0 Å². The van der Waals surface area contributed by atoms with Gasteiger partial charge in [0.2, 0.25) is 0 Å². The molecular formula is C11H15ClIN3. The Morgan fingerprint density at radius 2 is 2.19 bits per heavy atom. The van der Waals surface area contributed by atoms with E-state index < -0.39 is 0 Å². The van der Waals surface area contributed by atoms with E-state index in [-0.39, 0.29) is 24.0 Å². The second-order valence-electron chi connectivity index (χ2n) is 3.57. The van der Waals surface area contributed by atoms with E-state index in [1.807, 2.05) is 31.3 Å². The summed E-state index contributed by atoms with van der Waals surface area (Å²) in [5, 5.41) is 4.08. The Morgan fingerprint density at radius 1 is 1.44 bits per heavy atom. The molecule has 0 amide bonds. The van der Waals surface area contributed by atoms with Crippen molar-refractivity contribution < 1.29 is 0 Å². The van der Waals surface area contributed by atoms with Gasteiger partial charge in [0.15, 0.2) is 5.96 Å². The van der Waals surface area contributed by atoms with Crippen molar-refractivity contribution in [3.05, 3.63) is 34.9 Å². The molecule has 3 nitrogen and oxygen atoms in total. The van der Waals surface area contributed by atoms with Gasteiger partial charge < -0.3 is 10.2 Å². The number of rotatable bonds is 2. The smallest absolute Gasteiger partial charge is 0.194 e. The minimum atomic E-state index is 0. The van der Waals surface area contributed by atoms with Gasteiger partial charge in [-0.3, -0.25) is 4.99 Å². The number of guanidine groups is 1. The second kappa shape index (κ2) is 6.30. The van der Waals surface area contributed by atoms with Crippen LogP contribution in [-0.2, 0) is 6.54 Å². The molecule has 0 spiro atoms. The Hall–Kier alpha value is -0.490. The predicted octanol–water partition coefficient (Wildman–Crippen LogP) is 2.35. The average molecular weight is 352 g/mol. The van der Waals surface area contributed by atoms with Crippen LogP contribution in [0, 0.1) is 0 Å². The normalized spacial score (nSPS) is 14.4. The van der Waals surface area contributed by atoms with Gasteiger partial charge in [0.05, 0.1) is 6.54 Å². The van der Waals surface area contributed by atoms with Gasteiger partial charge in [-0.15, -0.1) is 24.0 Å². The molecule has 0 atom stereocenters. The molecule has 0 bridgehead atoms. The minimum absolute atomic E-state index is 0. The molecule has 0 aliphatic carbocycles. The third kappa shape index (κ3) is 3.25. The second-order valence-corrected chi connectivity index (χ2v) is 3.98. The average Bonchev–Trinajstić information content (AvgIpc) is 2.63. The number of benzene rings is 1. The van der Waals surface area contributed by atoms with Crippen molar-refractivity contribution >= 4 is 41.5 Å². The van der Waals surface area contributed by atoms with Gasteiger partial charge in [-0.25, -0.2) is 0 Å². The Labute approximate surface area is 118 Å². The van der Waals surface area contributed by atoms with Crippen molar-refractivity contribution in [3.63, 3.8) is 0 Å². The molecule has 88 valence electrons. The Kier molecular flexibility index (Phi) is 5.34. The monoisotopic (exact) mass is 351 g/mol. The molecule has 1 N–H and O–H groups in total. The van der Waals surface area contributed by atoms with Gasteiger partial charge in [-0.1, -0.05) is 29.8 Å². The van der Waals surface area contributed by atoms with Crippen molar-refractivity contribution in [3.8, 4) is 0 Å². The molecular weight excluding hydrogens is 336 g/mol. The maximum absolute atomic E-state index is 6.05. The lowest BCUT2D eigenvalue weighted by molar-refractivity contribution is 0.534. The number of hydrogen-bond acceptors (Lipinski definition) is 3. The van der Waals surface area contributed by atoms with E-state index in [0.29, 0.717) is 0 Å². The first-order valence-electron chi connectivity index (χ1n) is 5.00. The third-order valence-electron chi connectivity index (χ3n) is 2.45. The van der Waals surface area contributed by atoms with Crippen molar-refractivity contribution in [2.24, 2.45) is 4.99 Å². The van der Waals surface area contributed by atoms with Crippen LogP contribution >= 0.6 is 35.6 Å². The van der Waals surface area contributed by atoms with Crippen molar-refractivity contribution in [2.45, 2.75) is 6.54 Å². The first-order chi connectivity index (χ1) is 7.27. The van der Waals surface area contributed by atoms with Gasteiger partial charge in [0, 0.05) is 25.2 Å². The number of likely N-dealkylation sites (N-methyl/N-ethyl adjacent to an activating group) is 1. The zero-order valence-corrected chi connectivity index (χ0v) is 12.2. The molecule has 0 unspecified atom stereocenters. The molecule has 1 aliphatic heterocycles. The van der Waals surface area contributed by atoms with Crippen LogP contribution in [0.1, 0.15) is 5.56 Å². The number of nitrogens with zero attached hydrogens (tertiary/aromatic N) is 2. The molecule has 1 aromatic rings. The summed E-state index contributed by atoms with van der Waals surface area (Å²) in [6, 6.07) is 7.84. The summed E-state index contributed by atoms with van der Waals surface area (Å²) in [6.07, 6.45) is 0. The highest BCUT2D eigenvalue weighted by Gasteiger charge is 2.11. The molecule has 1 heterocycles. The first kappa shape index (κ1) is 13.6. The molecule has 2 rings (SSSR count). The van der Waals surface area contributed by atoms with Crippen LogP contribution in [0.2, 0.25) is 5.02 Å². The standard InChI is InChI=1S/C11H14ClN3.HI/c1-15-7-6-13-11(15)14-8-9-4-2-3-5-10(9)12;/h2-5H,6-8H2,1H3,(H,13,14);1H. The summed E-state index contributed by atoms with van der Waals surface area (Å²) in [5.41, 5.74) is 1.10. The fraction of sp³-hybridized carbons (Fsp3) is 0.364. The topological polar surface area (TPSA) is 27.6 Å². The van der Waals surface area contributed by atoms with Crippen LogP contribution in [0.3, 0.4) is 0 Å². The maximum Gasteiger partial charge on any atom is 0.194 e. The highest BCUT2D eigenvalue weighted by molar-refractivity contribution is 14.0. The molecule has 16 heavy (non-hydrogen) atoms. The van der Waals surface area contributed by atoms with E-state index in [0.717, 1.165) is 36.2 Å². The van der Waals surface area contributed by atoms with E-state index in [1.165, 1.54) is 0 Å². The molecule has 0 saturated carbocycles. The zero-order chi connectivity index (χ0) is 10.7. The van der Waals surface area contributed by atoms with Gasteiger partial charge >= 0.3 is 0 Å². The zero-order valence-electron chi connectivity index (χ0n) is 9.11. The van der Waals surface area contributed by atoms with Crippen molar-refractivity contribution in [2.75, 3.05) is 20.1 Å². The molecule has 0 saturated heterocycles. The SMILES string of the molecule is CN1CCN=C1NCc1ccccc1Cl.I. The Morgan fingerprint density at radius 3 is 2.81 bits per heavy atom. The number of hydrogen-bond donors (Lipinski definition) is 1. The lowest BCUT2D eigenvalue weighted by Crippen LogP contribution is -2.35. The fourth-order valence-electron chi connectivity index (χ4n) is 1.54.